The van der Waals surface area contributed by atoms with E-state index in [4.69, 9.17) is 4.42 Å². The van der Waals surface area contributed by atoms with Crippen LogP contribution in [0.25, 0.3) is 10.8 Å². The largest absolute Gasteiger partial charge is 0.462 e. The van der Waals surface area contributed by atoms with Crippen LogP contribution in [0, 0.1) is 5.38 Å². The maximum absolute atomic E-state index is 5.11. The molecule has 0 saturated carbocycles. The van der Waals surface area contributed by atoms with Gasteiger partial charge < -0.3 is 4.42 Å². The molecular formula is C7H4NOS. The van der Waals surface area contributed by atoms with Gasteiger partial charge in [0.1, 0.15) is 0 Å². The van der Waals surface area contributed by atoms with Gasteiger partial charge in [0.15, 0.2) is 10.8 Å². The summed E-state index contributed by atoms with van der Waals surface area (Å²) < 4.78 is 5.11. The Kier molecular flexibility index (Phi) is 1.29. The molecule has 2 rings (SSSR count). The summed E-state index contributed by atoms with van der Waals surface area (Å²) in [5.74, 6) is 0.811. The van der Waals surface area contributed by atoms with Gasteiger partial charge in [-0.25, -0.2) is 4.98 Å². The van der Waals surface area contributed by atoms with Gasteiger partial charge in [-0.15, -0.1) is 11.3 Å². The summed E-state index contributed by atoms with van der Waals surface area (Å²) in [6.07, 6.45) is 3.28. The van der Waals surface area contributed by atoms with Crippen molar-refractivity contribution in [1.82, 2.24) is 4.98 Å². The average Bonchev–Trinajstić information content (AvgIpc) is 2.59. The molecule has 2 aromatic heterocycles. The van der Waals surface area contributed by atoms with E-state index in [1.807, 2.05) is 12.1 Å². The van der Waals surface area contributed by atoms with Crippen LogP contribution in [0.5, 0.6) is 0 Å². The van der Waals surface area contributed by atoms with Crippen molar-refractivity contribution < 1.29 is 4.42 Å². The van der Waals surface area contributed by atoms with Crippen molar-refractivity contribution in [3.63, 3.8) is 0 Å². The van der Waals surface area contributed by atoms with Gasteiger partial charge in [0.05, 0.1) is 11.6 Å². The van der Waals surface area contributed by atoms with Crippen molar-refractivity contribution in [1.29, 1.82) is 0 Å². The Bertz CT molecular complexity index is 253. The third kappa shape index (κ3) is 0.844. The molecular weight excluding hydrogens is 146 g/mol. The fourth-order valence-corrected chi connectivity index (χ4v) is 1.25. The first-order valence-corrected chi connectivity index (χ1v) is 3.64. The molecule has 0 amide bonds. The smallest absolute Gasteiger partial charge is 0.162 e. The number of aromatic nitrogens is 1. The highest BCUT2D eigenvalue weighted by molar-refractivity contribution is 7.12. The minimum Gasteiger partial charge on any atom is -0.462 e. The van der Waals surface area contributed by atoms with E-state index in [2.05, 4.69) is 10.4 Å². The van der Waals surface area contributed by atoms with Crippen LogP contribution in [0.3, 0.4) is 0 Å². The molecule has 0 N–H and O–H groups in total. The standard InChI is InChI=1S/C7H4NOS/c1-2-6(9-4-1)7-8-3-5-10-7/h1-4H. The Hall–Kier alpha value is -1.09. The first-order chi connectivity index (χ1) is 4.97. The topological polar surface area (TPSA) is 26.0 Å². The number of thiazole rings is 1. The summed E-state index contributed by atoms with van der Waals surface area (Å²) in [6, 6.07) is 3.73. The Morgan fingerprint density at radius 1 is 1.60 bits per heavy atom. The molecule has 2 nitrogen and oxygen atoms in total. The third-order valence-corrected chi connectivity index (χ3v) is 1.85. The highest BCUT2D eigenvalue weighted by Crippen LogP contribution is 2.20. The molecule has 0 bridgehead atoms. The van der Waals surface area contributed by atoms with Crippen LogP contribution in [-0.2, 0) is 0 Å². The number of furan rings is 1. The molecule has 10 heavy (non-hydrogen) atoms. The summed E-state index contributed by atoms with van der Waals surface area (Å²) >= 11 is 1.45. The molecule has 49 valence electrons. The molecule has 1 radical (unpaired) electrons. The summed E-state index contributed by atoms with van der Waals surface area (Å²) in [7, 11) is 0. The zero-order chi connectivity index (χ0) is 6.81. The van der Waals surface area contributed by atoms with Crippen molar-refractivity contribution in [3.8, 4) is 10.8 Å². The van der Waals surface area contributed by atoms with E-state index in [-0.39, 0.29) is 0 Å². The molecule has 2 aromatic rings. The maximum atomic E-state index is 5.11. The molecule has 0 fully saturated rings. The van der Waals surface area contributed by atoms with Crippen molar-refractivity contribution in [2.24, 2.45) is 0 Å². The third-order valence-electron chi connectivity index (χ3n) is 1.12. The summed E-state index contributed by atoms with van der Waals surface area (Å²) in [6.45, 7) is 0. The van der Waals surface area contributed by atoms with Crippen LogP contribution in [0.15, 0.2) is 29.0 Å². The Morgan fingerprint density at radius 2 is 2.60 bits per heavy atom. The Morgan fingerprint density at radius 3 is 3.20 bits per heavy atom. The summed E-state index contributed by atoms with van der Waals surface area (Å²) in [5.41, 5.74) is 0. The molecule has 0 atom stereocenters. The average molecular weight is 150 g/mol. The highest BCUT2D eigenvalue weighted by Gasteiger charge is 2.00. The van der Waals surface area contributed by atoms with E-state index in [1.165, 1.54) is 11.3 Å². The predicted molar refractivity (Wildman–Crippen MR) is 38.7 cm³/mol. The van der Waals surface area contributed by atoms with Gasteiger partial charge in [-0.05, 0) is 12.1 Å². The van der Waals surface area contributed by atoms with Crippen LogP contribution < -0.4 is 0 Å². The van der Waals surface area contributed by atoms with E-state index in [9.17, 15) is 0 Å². The van der Waals surface area contributed by atoms with Crippen LogP contribution >= 0.6 is 11.3 Å². The maximum Gasteiger partial charge on any atom is 0.162 e. The lowest BCUT2D eigenvalue weighted by molar-refractivity contribution is 0.582. The van der Waals surface area contributed by atoms with Crippen LogP contribution in [0.2, 0.25) is 0 Å². The van der Waals surface area contributed by atoms with Gasteiger partial charge in [0.2, 0.25) is 0 Å². The normalized spacial score (nSPS) is 10.0. The molecule has 0 aromatic carbocycles. The van der Waals surface area contributed by atoms with Gasteiger partial charge in [-0.3, -0.25) is 0 Å². The summed E-state index contributed by atoms with van der Waals surface area (Å²) in [4.78, 5) is 4.03. The van der Waals surface area contributed by atoms with E-state index >= 15 is 0 Å². The second-order valence-electron chi connectivity index (χ2n) is 1.76. The molecule has 3 heteroatoms. The second-order valence-corrected chi connectivity index (χ2v) is 2.59. The molecule has 2 heterocycles. The van der Waals surface area contributed by atoms with Gasteiger partial charge in [-0.2, -0.15) is 0 Å². The highest BCUT2D eigenvalue weighted by atomic mass is 32.1. The monoisotopic (exact) mass is 150 g/mol. The van der Waals surface area contributed by atoms with Gasteiger partial charge in [-0.1, -0.05) is 0 Å². The quantitative estimate of drug-likeness (QED) is 0.622. The van der Waals surface area contributed by atoms with Crippen LogP contribution in [0.1, 0.15) is 0 Å². The molecule has 0 spiro atoms. The lowest BCUT2D eigenvalue weighted by Crippen LogP contribution is -1.65. The lowest BCUT2D eigenvalue weighted by atomic mass is 10.5. The van der Waals surface area contributed by atoms with Crippen LogP contribution in [0.4, 0.5) is 0 Å². The molecule has 0 aliphatic heterocycles. The molecule has 0 saturated heterocycles. The number of rotatable bonds is 1. The molecule has 0 aliphatic rings. The van der Waals surface area contributed by atoms with Crippen molar-refractivity contribution >= 4 is 11.3 Å². The van der Waals surface area contributed by atoms with Crippen molar-refractivity contribution in [2.45, 2.75) is 0 Å². The van der Waals surface area contributed by atoms with E-state index in [1.54, 1.807) is 12.5 Å². The SMILES string of the molecule is [c]1cnc(-c2ccco2)s1. The minimum atomic E-state index is 0.811. The predicted octanol–water partition coefficient (Wildman–Crippen LogP) is 2.20. The number of hydrogen-bond acceptors (Lipinski definition) is 3. The zero-order valence-electron chi connectivity index (χ0n) is 5.07. The second kappa shape index (κ2) is 2.27. The first kappa shape index (κ1) is 5.68. The van der Waals surface area contributed by atoms with Gasteiger partial charge >= 0.3 is 0 Å². The van der Waals surface area contributed by atoms with E-state index in [0.717, 1.165) is 10.8 Å². The van der Waals surface area contributed by atoms with Gasteiger partial charge in [0, 0.05) is 6.20 Å². The zero-order valence-corrected chi connectivity index (χ0v) is 5.89. The Labute approximate surface area is 62.1 Å². The van der Waals surface area contributed by atoms with E-state index < -0.39 is 0 Å². The van der Waals surface area contributed by atoms with Crippen molar-refractivity contribution in [2.75, 3.05) is 0 Å². The summed E-state index contributed by atoms with van der Waals surface area (Å²) in [5, 5.41) is 3.77. The first-order valence-electron chi connectivity index (χ1n) is 2.82. The van der Waals surface area contributed by atoms with Crippen LogP contribution in [-0.4, -0.2) is 4.98 Å². The minimum absolute atomic E-state index is 0.811. The number of hydrogen-bond donors (Lipinski definition) is 0. The van der Waals surface area contributed by atoms with Gasteiger partial charge in [0.25, 0.3) is 0 Å². The molecule has 0 unspecified atom stereocenters. The number of nitrogens with zero attached hydrogens (tertiary/aromatic N) is 1. The fourth-order valence-electron chi connectivity index (χ4n) is 0.708. The Balaban J connectivity index is 2.48. The lowest BCUT2D eigenvalue weighted by Gasteiger charge is -1.83. The van der Waals surface area contributed by atoms with E-state index in [0.29, 0.717) is 0 Å². The fraction of sp³-hybridized carbons (Fsp3) is 0. The molecule has 0 aliphatic carbocycles. The van der Waals surface area contributed by atoms with Crippen molar-refractivity contribution in [3.05, 3.63) is 30.0 Å².